The molecule has 0 spiro atoms. The van der Waals surface area contributed by atoms with Crippen molar-refractivity contribution in [2.45, 2.75) is 65.7 Å². The number of aliphatic hydroxyl groups excluding tert-OH is 1. The second kappa shape index (κ2) is 13.3. The van der Waals surface area contributed by atoms with Crippen molar-refractivity contribution in [2.24, 2.45) is 10.9 Å². The van der Waals surface area contributed by atoms with E-state index in [0.717, 1.165) is 43.9 Å². The van der Waals surface area contributed by atoms with Gasteiger partial charge in [-0.1, -0.05) is 25.5 Å². The molecular weight excluding hydrogens is 392 g/mol. The summed E-state index contributed by atoms with van der Waals surface area (Å²) in [6.45, 7) is 11.8. The number of carbonyl (C=O) groups excluding carboxylic acids is 1. The van der Waals surface area contributed by atoms with Gasteiger partial charge in [0.1, 0.15) is 0 Å². The van der Waals surface area contributed by atoms with Crippen molar-refractivity contribution in [3.8, 4) is 0 Å². The first kappa shape index (κ1) is 25.1. The molecule has 1 amide bonds. The van der Waals surface area contributed by atoms with E-state index >= 15 is 0 Å². The molecule has 7 nitrogen and oxygen atoms in total. The first-order valence-electron chi connectivity index (χ1n) is 11.6. The fourth-order valence-electron chi connectivity index (χ4n) is 3.97. The third-order valence-electron chi connectivity index (χ3n) is 5.46. The Morgan fingerprint density at radius 3 is 2.42 bits per heavy atom. The van der Waals surface area contributed by atoms with E-state index in [1.807, 2.05) is 49.9 Å². The van der Waals surface area contributed by atoms with E-state index in [-0.39, 0.29) is 24.7 Å². The minimum atomic E-state index is 0.0536. The Morgan fingerprint density at radius 2 is 1.84 bits per heavy atom. The van der Waals surface area contributed by atoms with Crippen LogP contribution in [0.1, 0.15) is 62.9 Å². The van der Waals surface area contributed by atoms with Gasteiger partial charge in [-0.25, -0.2) is 4.99 Å². The van der Waals surface area contributed by atoms with E-state index in [4.69, 9.17) is 4.74 Å². The molecule has 1 aromatic rings. The highest BCUT2D eigenvalue weighted by Gasteiger charge is 2.26. The summed E-state index contributed by atoms with van der Waals surface area (Å²) in [4.78, 5) is 19.4. The standard InChI is InChI=1S/C24H40N4O3/c1-5-7-20(12-13-29)14-26-24(25-6-2)27-15-21-8-10-22(11-9-21)23(30)28-16-18(3)31-19(4)17-28/h8-11,18-20,29H,5-7,12-17H2,1-4H3,(H2,25,26,27). The number of ether oxygens (including phenoxy) is 1. The number of benzene rings is 1. The SMILES string of the molecule is CCCC(CCO)CNC(=NCc1ccc(C(=O)N2CC(C)OC(C)C2)cc1)NCC. The van der Waals surface area contributed by atoms with Crippen molar-refractivity contribution in [1.82, 2.24) is 15.5 Å². The minimum absolute atomic E-state index is 0.0536. The molecule has 174 valence electrons. The Hall–Kier alpha value is -2.12. The predicted molar refractivity (Wildman–Crippen MR) is 125 cm³/mol. The number of nitrogens with one attached hydrogen (secondary N) is 2. The smallest absolute Gasteiger partial charge is 0.254 e. The van der Waals surface area contributed by atoms with Gasteiger partial charge in [0.2, 0.25) is 0 Å². The fraction of sp³-hybridized carbons (Fsp3) is 0.667. The number of aliphatic imine (C=N–C) groups is 1. The number of hydrogen-bond acceptors (Lipinski definition) is 4. The zero-order chi connectivity index (χ0) is 22.6. The lowest BCUT2D eigenvalue weighted by atomic mass is 10.0. The van der Waals surface area contributed by atoms with Gasteiger partial charge in [0.05, 0.1) is 18.8 Å². The van der Waals surface area contributed by atoms with Gasteiger partial charge in [0.15, 0.2) is 5.96 Å². The molecule has 1 heterocycles. The molecule has 0 bridgehead atoms. The molecule has 1 aliphatic heterocycles. The molecule has 7 heteroatoms. The van der Waals surface area contributed by atoms with Gasteiger partial charge in [-0.15, -0.1) is 0 Å². The predicted octanol–water partition coefficient (Wildman–Crippen LogP) is 2.79. The third-order valence-corrected chi connectivity index (χ3v) is 5.46. The van der Waals surface area contributed by atoms with Crippen LogP contribution in [0.3, 0.4) is 0 Å². The Morgan fingerprint density at radius 1 is 1.16 bits per heavy atom. The van der Waals surface area contributed by atoms with Crippen LogP contribution >= 0.6 is 0 Å². The van der Waals surface area contributed by atoms with Crippen LogP contribution in [-0.4, -0.2) is 66.9 Å². The lowest BCUT2D eigenvalue weighted by Gasteiger charge is -2.35. The molecule has 0 radical (unpaired) electrons. The molecular formula is C24H40N4O3. The molecule has 31 heavy (non-hydrogen) atoms. The maximum Gasteiger partial charge on any atom is 0.254 e. The van der Waals surface area contributed by atoms with Crippen LogP contribution in [0, 0.1) is 5.92 Å². The van der Waals surface area contributed by atoms with Crippen LogP contribution in [0.4, 0.5) is 0 Å². The molecule has 3 atom stereocenters. The largest absolute Gasteiger partial charge is 0.396 e. The fourth-order valence-corrected chi connectivity index (χ4v) is 3.97. The summed E-state index contributed by atoms with van der Waals surface area (Å²) in [5, 5.41) is 15.9. The van der Waals surface area contributed by atoms with E-state index < -0.39 is 0 Å². The van der Waals surface area contributed by atoms with Crippen LogP contribution in [-0.2, 0) is 11.3 Å². The molecule has 0 saturated carbocycles. The van der Waals surface area contributed by atoms with Crippen molar-refractivity contribution >= 4 is 11.9 Å². The Labute approximate surface area is 187 Å². The molecule has 3 unspecified atom stereocenters. The number of nitrogens with zero attached hydrogens (tertiary/aromatic N) is 2. The normalized spacial score (nSPS) is 20.4. The highest BCUT2D eigenvalue weighted by molar-refractivity contribution is 5.94. The summed E-state index contributed by atoms with van der Waals surface area (Å²) in [7, 11) is 0. The second-order valence-electron chi connectivity index (χ2n) is 8.41. The van der Waals surface area contributed by atoms with Crippen LogP contribution < -0.4 is 10.6 Å². The summed E-state index contributed by atoms with van der Waals surface area (Å²) in [5.41, 5.74) is 1.75. The molecule has 1 aromatic carbocycles. The summed E-state index contributed by atoms with van der Waals surface area (Å²) in [6, 6.07) is 7.71. The van der Waals surface area contributed by atoms with Crippen molar-refractivity contribution in [3.05, 3.63) is 35.4 Å². The monoisotopic (exact) mass is 432 g/mol. The number of carbonyl (C=O) groups is 1. The van der Waals surface area contributed by atoms with Crippen LogP contribution in [0.2, 0.25) is 0 Å². The molecule has 0 aliphatic carbocycles. The summed E-state index contributed by atoms with van der Waals surface area (Å²) in [5.74, 6) is 1.27. The number of amides is 1. The molecule has 0 aromatic heterocycles. The molecule has 1 fully saturated rings. The van der Waals surface area contributed by atoms with E-state index in [0.29, 0.717) is 31.1 Å². The van der Waals surface area contributed by atoms with Gasteiger partial charge in [0, 0.05) is 38.3 Å². The number of morpholine rings is 1. The highest BCUT2D eigenvalue weighted by Crippen LogP contribution is 2.15. The zero-order valence-corrected chi connectivity index (χ0v) is 19.6. The van der Waals surface area contributed by atoms with Crippen molar-refractivity contribution in [3.63, 3.8) is 0 Å². The quantitative estimate of drug-likeness (QED) is 0.391. The highest BCUT2D eigenvalue weighted by atomic mass is 16.5. The number of guanidine groups is 1. The first-order chi connectivity index (χ1) is 15.0. The van der Waals surface area contributed by atoms with Gasteiger partial charge in [-0.05, 0) is 57.2 Å². The average Bonchev–Trinajstić information content (AvgIpc) is 2.75. The minimum Gasteiger partial charge on any atom is -0.396 e. The Kier molecular flexibility index (Phi) is 10.8. The van der Waals surface area contributed by atoms with Crippen molar-refractivity contribution in [2.75, 3.05) is 32.8 Å². The lowest BCUT2D eigenvalue weighted by Crippen LogP contribution is -2.48. The van der Waals surface area contributed by atoms with Gasteiger partial charge in [-0.3, -0.25) is 4.79 Å². The van der Waals surface area contributed by atoms with E-state index in [9.17, 15) is 9.90 Å². The average molecular weight is 433 g/mol. The number of hydrogen-bond donors (Lipinski definition) is 3. The maximum atomic E-state index is 12.8. The number of rotatable bonds is 10. The van der Waals surface area contributed by atoms with Crippen molar-refractivity contribution < 1.29 is 14.6 Å². The van der Waals surface area contributed by atoms with Gasteiger partial charge < -0.3 is 25.4 Å². The molecule has 3 N–H and O–H groups in total. The van der Waals surface area contributed by atoms with Gasteiger partial charge in [-0.2, -0.15) is 0 Å². The zero-order valence-electron chi connectivity index (χ0n) is 19.6. The van der Waals surface area contributed by atoms with E-state index in [1.165, 1.54) is 0 Å². The van der Waals surface area contributed by atoms with Gasteiger partial charge >= 0.3 is 0 Å². The Bertz CT molecular complexity index is 677. The molecule has 2 rings (SSSR count). The summed E-state index contributed by atoms with van der Waals surface area (Å²) >= 11 is 0. The van der Waals surface area contributed by atoms with Gasteiger partial charge in [0.25, 0.3) is 5.91 Å². The van der Waals surface area contributed by atoms with Crippen LogP contribution in [0.5, 0.6) is 0 Å². The number of aliphatic hydroxyl groups is 1. The van der Waals surface area contributed by atoms with Crippen LogP contribution in [0.15, 0.2) is 29.3 Å². The van der Waals surface area contributed by atoms with Crippen molar-refractivity contribution in [1.29, 1.82) is 0 Å². The molecule has 1 aliphatic rings. The topological polar surface area (TPSA) is 86.2 Å². The summed E-state index contributed by atoms with van der Waals surface area (Å²) < 4.78 is 5.72. The van der Waals surface area contributed by atoms with E-state index in [2.05, 4.69) is 22.5 Å². The molecule has 1 saturated heterocycles. The maximum absolute atomic E-state index is 12.8. The Balaban J connectivity index is 1.94. The summed E-state index contributed by atoms with van der Waals surface area (Å²) in [6.07, 6.45) is 3.12. The first-order valence-corrected chi connectivity index (χ1v) is 11.6. The third kappa shape index (κ3) is 8.50. The van der Waals surface area contributed by atoms with E-state index in [1.54, 1.807) is 0 Å². The van der Waals surface area contributed by atoms with Crippen LogP contribution in [0.25, 0.3) is 0 Å². The lowest BCUT2D eigenvalue weighted by molar-refractivity contribution is -0.0586. The second-order valence-corrected chi connectivity index (χ2v) is 8.41.